The second kappa shape index (κ2) is 3.00. The second-order valence-corrected chi connectivity index (χ2v) is 4.50. The number of aliphatic hydroxyl groups is 1. The molecule has 12 heavy (non-hydrogen) atoms. The summed E-state index contributed by atoms with van der Waals surface area (Å²) in [4.78, 5) is 0. The second-order valence-electron chi connectivity index (χ2n) is 4.50. The van der Waals surface area contributed by atoms with Gasteiger partial charge >= 0.3 is 0 Å². The van der Waals surface area contributed by atoms with Crippen molar-refractivity contribution >= 4 is 0 Å². The molecule has 0 bridgehead atoms. The molecule has 3 unspecified atom stereocenters. The smallest absolute Gasteiger partial charge is 0.0800 e. The van der Waals surface area contributed by atoms with Crippen molar-refractivity contribution in [2.75, 3.05) is 6.54 Å². The van der Waals surface area contributed by atoms with E-state index in [1.807, 2.05) is 0 Å². The van der Waals surface area contributed by atoms with Gasteiger partial charge < -0.3 is 10.8 Å². The van der Waals surface area contributed by atoms with Crippen molar-refractivity contribution in [3.05, 3.63) is 0 Å². The summed E-state index contributed by atoms with van der Waals surface area (Å²) in [7, 11) is 0. The highest BCUT2D eigenvalue weighted by atomic mass is 16.3. The van der Waals surface area contributed by atoms with Crippen LogP contribution in [0.1, 0.15) is 38.5 Å². The first-order chi connectivity index (χ1) is 5.76. The minimum atomic E-state index is -0.501. The molecule has 2 heteroatoms. The van der Waals surface area contributed by atoms with Crippen molar-refractivity contribution in [1.82, 2.24) is 0 Å². The Morgan fingerprint density at radius 1 is 1.25 bits per heavy atom. The maximum absolute atomic E-state index is 10.2. The number of nitrogens with two attached hydrogens (primary N) is 1. The number of hydrogen-bond donors (Lipinski definition) is 2. The summed E-state index contributed by atoms with van der Waals surface area (Å²) in [5, 5.41) is 10.2. The molecule has 2 aliphatic rings. The Hall–Kier alpha value is -0.0800. The Morgan fingerprint density at radius 3 is 2.75 bits per heavy atom. The molecule has 0 heterocycles. The van der Waals surface area contributed by atoms with Crippen molar-refractivity contribution < 1.29 is 5.11 Å². The minimum Gasteiger partial charge on any atom is -0.388 e. The fraction of sp³-hybridized carbons (Fsp3) is 1.00. The van der Waals surface area contributed by atoms with Crippen LogP contribution in [0.3, 0.4) is 0 Å². The molecule has 0 spiro atoms. The third kappa shape index (κ3) is 1.17. The zero-order chi connectivity index (χ0) is 8.60. The molecule has 0 radical (unpaired) electrons. The monoisotopic (exact) mass is 169 g/mol. The largest absolute Gasteiger partial charge is 0.388 e. The molecule has 3 atom stereocenters. The number of rotatable bonds is 1. The molecule has 0 aliphatic heterocycles. The first kappa shape index (κ1) is 8.52. The quantitative estimate of drug-likeness (QED) is 0.621. The van der Waals surface area contributed by atoms with Gasteiger partial charge in [-0.2, -0.15) is 0 Å². The van der Waals surface area contributed by atoms with Gasteiger partial charge in [0.1, 0.15) is 0 Å². The van der Waals surface area contributed by atoms with Crippen molar-refractivity contribution in [3.63, 3.8) is 0 Å². The summed E-state index contributed by atoms with van der Waals surface area (Å²) in [6.45, 7) is 0.466. The van der Waals surface area contributed by atoms with Gasteiger partial charge in [0.05, 0.1) is 5.60 Å². The van der Waals surface area contributed by atoms with Crippen LogP contribution in [0.2, 0.25) is 0 Å². The highest BCUT2D eigenvalue weighted by molar-refractivity contribution is 4.97. The first-order valence-electron chi connectivity index (χ1n) is 5.19. The number of hydrogen-bond acceptors (Lipinski definition) is 2. The van der Waals surface area contributed by atoms with E-state index < -0.39 is 5.60 Å². The van der Waals surface area contributed by atoms with Gasteiger partial charge in [-0.25, -0.2) is 0 Å². The highest BCUT2D eigenvalue weighted by Gasteiger charge is 2.45. The van der Waals surface area contributed by atoms with Gasteiger partial charge in [-0.3, -0.25) is 0 Å². The van der Waals surface area contributed by atoms with E-state index in [4.69, 9.17) is 5.73 Å². The average Bonchev–Trinajstić information content (AvgIpc) is 2.54. The molecule has 0 aromatic heterocycles. The van der Waals surface area contributed by atoms with Gasteiger partial charge in [0, 0.05) is 6.54 Å². The molecular weight excluding hydrogens is 150 g/mol. The van der Waals surface area contributed by atoms with E-state index in [9.17, 15) is 5.11 Å². The van der Waals surface area contributed by atoms with Crippen LogP contribution in [-0.4, -0.2) is 17.3 Å². The molecular formula is C10H19NO. The standard InChI is InChI=1S/C10H19NO/c11-7-10(12)6-2-4-8-3-1-5-9(8)10/h8-9,12H,1-7,11H2. The lowest BCUT2D eigenvalue weighted by atomic mass is 9.70. The Morgan fingerprint density at radius 2 is 2.00 bits per heavy atom. The molecule has 0 saturated heterocycles. The van der Waals surface area contributed by atoms with Crippen molar-refractivity contribution in [3.8, 4) is 0 Å². The van der Waals surface area contributed by atoms with Crippen LogP contribution >= 0.6 is 0 Å². The summed E-state index contributed by atoms with van der Waals surface area (Å²) in [5.41, 5.74) is 5.14. The minimum absolute atomic E-state index is 0.466. The predicted octanol–water partition coefficient (Wildman–Crippen LogP) is 1.28. The van der Waals surface area contributed by atoms with E-state index >= 15 is 0 Å². The van der Waals surface area contributed by atoms with Gasteiger partial charge in [0.25, 0.3) is 0 Å². The zero-order valence-electron chi connectivity index (χ0n) is 7.63. The topological polar surface area (TPSA) is 46.2 Å². The lowest BCUT2D eigenvalue weighted by Crippen LogP contribution is -2.48. The molecule has 0 aromatic rings. The maximum Gasteiger partial charge on any atom is 0.0800 e. The lowest BCUT2D eigenvalue weighted by Gasteiger charge is -2.41. The Labute approximate surface area is 74.1 Å². The third-order valence-electron chi connectivity index (χ3n) is 3.89. The summed E-state index contributed by atoms with van der Waals surface area (Å²) >= 11 is 0. The normalized spacial score (nSPS) is 47.5. The van der Waals surface area contributed by atoms with Gasteiger partial charge in [0.2, 0.25) is 0 Å². The third-order valence-corrected chi connectivity index (χ3v) is 3.89. The van der Waals surface area contributed by atoms with E-state index in [-0.39, 0.29) is 0 Å². The summed E-state index contributed by atoms with van der Waals surface area (Å²) in [6, 6.07) is 0. The van der Waals surface area contributed by atoms with E-state index in [0.29, 0.717) is 12.5 Å². The van der Waals surface area contributed by atoms with Crippen LogP contribution in [0.15, 0.2) is 0 Å². The van der Waals surface area contributed by atoms with Crippen LogP contribution in [0.4, 0.5) is 0 Å². The molecule has 2 saturated carbocycles. The molecule has 2 fully saturated rings. The zero-order valence-corrected chi connectivity index (χ0v) is 7.63. The van der Waals surface area contributed by atoms with Crippen LogP contribution in [0, 0.1) is 11.8 Å². The fourth-order valence-corrected chi connectivity index (χ4v) is 3.20. The molecule has 70 valence electrons. The van der Waals surface area contributed by atoms with Gasteiger partial charge in [-0.1, -0.05) is 19.3 Å². The Balaban J connectivity index is 2.13. The van der Waals surface area contributed by atoms with Crippen molar-refractivity contribution in [2.24, 2.45) is 17.6 Å². The lowest BCUT2D eigenvalue weighted by molar-refractivity contribution is -0.0558. The van der Waals surface area contributed by atoms with Crippen LogP contribution in [0.25, 0.3) is 0 Å². The fourth-order valence-electron chi connectivity index (χ4n) is 3.20. The molecule has 0 aromatic carbocycles. The van der Waals surface area contributed by atoms with E-state index in [1.54, 1.807) is 0 Å². The molecule has 3 N–H and O–H groups in total. The van der Waals surface area contributed by atoms with E-state index in [2.05, 4.69) is 0 Å². The molecule has 2 aliphatic carbocycles. The Kier molecular flexibility index (Phi) is 2.13. The summed E-state index contributed by atoms with van der Waals surface area (Å²) in [6.07, 6.45) is 7.27. The van der Waals surface area contributed by atoms with Crippen molar-refractivity contribution in [1.29, 1.82) is 0 Å². The number of fused-ring (bicyclic) bond motifs is 1. The van der Waals surface area contributed by atoms with E-state index in [0.717, 1.165) is 12.3 Å². The van der Waals surface area contributed by atoms with Gasteiger partial charge in [-0.15, -0.1) is 0 Å². The van der Waals surface area contributed by atoms with Crippen LogP contribution in [0.5, 0.6) is 0 Å². The van der Waals surface area contributed by atoms with Gasteiger partial charge in [0.15, 0.2) is 0 Å². The summed E-state index contributed by atoms with van der Waals surface area (Å²) in [5.74, 6) is 1.31. The van der Waals surface area contributed by atoms with Crippen molar-refractivity contribution in [2.45, 2.75) is 44.1 Å². The average molecular weight is 169 g/mol. The maximum atomic E-state index is 10.2. The SMILES string of the molecule is NCC1(O)CCCC2CCCC21. The highest BCUT2D eigenvalue weighted by Crippen LogP contribution is 2.46. The summed E-state index contributed by atoms with van der Waals surface area (Å²) < 4.78 is 0. The Bertz CT molecular complexity index is 171. The van der Waals surface area contributed by atoms with Gasteiger partial charge in [-0.05, 0) is 31.1 Å². The first-order valence-corrected chi connectivity index (χ1v) is 5.19. The van der Waals surface area contributed by atoms with Crippen LogP contribution in [-0.2, 0) is 0 Å². The van der Waals surface area contributed by atoms with E-state index in [1.165, 1.54) is 32.1 Å². The predicted molar refractivity (Wildman–Crippen MR) is 48.7 cm³/mol. The van der Waals surface area contributed by atoms with Crippen LogP contribution < -0.4 is 5.73 Å². The molecule has 2 nitrogen and oxygen atoms in total. The molecule has 2 rings (SSSR count). The molecule has 0 amide bonds.